The maximum Gasteiger partial charge on any atom is 0.409 e. The van der Waals surface area contributed by atoms with E-state index in [1.54, 1.807) is 0 Å². The molecule has 7 nitrogen and oxygen atoms in total. The molecule has 1 aliphatic carbocycles. The number of carboxylic acids is 2. The number of hydrogen-bond acceptors (Lipinski definition) is 4. The fourth-order valence-electron chi connectivity index (χ4n) is 4.56. The van der Waals surface area contributed by atoms with Gasteiger partial charge in [0.25, 0.3) is 0 Å². The highest BCUT2D eigenvalue weighted by molar-refractivity contribution is 5.81. The Labute approximate surface area is 173 Å². The Kier molecular flexibility index (Phi) is 5.44. The number of hydrogen-bond donors (Lipinski definition) is 2. The summed E-state index contributed by atoms with van der Waals surface area (Å²) in [5, 5.41) is 18.7. The molecule has 4 rings (SSSR count). The van der Waals surface area contributed by atoms with E-state index in [0.717, 1.165) is 22.3 Å². The number of nitrogens with zero attached hydrogens (tertiary/aromatic N) is 1. The zero-order chi connectivity index (χ0) is 21.3. The van der Waals surface area contributed by atoms with Crippen LogP contribution in [0.5, 0.6) is 0 Å². The Morgan fingerprint density at radius 3 is 1.77 bits per heavy atom. The second-order valence-corrected chi connectivity index (χ2v) is 7.76. The number of rotatable bonds is 4. The third kappa shape index (κ3) is 3.63. The first-order valence-electron chi connectivity index (χ1n) is 10.0. The summed E-state index contributed by atoms with van der Waals surface area (Å²) < 4.78 is 5.62. The van der Waals surface area contributed by atoms with Crippen molar-refractivity contribution in [3.05, 3.63) is 59.7 Å². The van der Waals surface area contributed by atoms with Gasteiger partial charge in [-0.1, -0.05) is 48.5 Å². The molecule has 2 atom stereocenters. The summed E-state index contributed by atoms with van der Waals surface area (Å²) in [6, 6.07) is 16.1. The average molecular weight is 409 g/mol. The molecule has 0 spiro atoms. The molecule has 156 valence electrons. The van der Waals surface area contributed by atoms with Crippen LogP contribution in [0.2, 0.25) is 0 Å². The van der Waals surface area contributed by atoms with E-state index in [0.29, 0.717) is 0 Å². The largest absolute Gasteiger partial charge is 0.481 e. The maximum atomic E-state index is 12.7. The lowest BCUT2D eigenvalue weighted by Crippen LogP contribution is -2.33. The van der Waals surface area contributed by atoms with E-state index >= 15 is 0 Å². The molecule has 1 amide bonds. The predicted octanol–water partition coefficient (Wildman–Crippen LogP) is 3.43. The summed E-state index contributed by atoms with van der Waals surface area (Å²) in [4.78, 5) is 37.0. The third-order valence-electron chi connectivity index (χ3n) is 6.13. The Morgan fingerprint density at radius 1 is 0.833 bits per heavy atom. The first-order chi connectivity index (χ1) is 14.5. The molecule has 2 aliphatic rings. The van der Waals surface area contributed by atoms with Gasteiger partial charge in [0.05, 0.1) is 11.8 Å². The number of benzene rings is 2. The topological polar surface area (TPSA) is 104 Å². The van der Waals surface area contributed by atoms with Gasteiger partial charge < -0.3 is 19.8 Å². The highest BCUT2D eigenvalue weighted by atomic mass is 16.6. The van der Waals surface area contributed by atoms with Gasteiger partial charge in [-0.25, -0.2) is 4.79 Å². The predicted molar refractivity (Wildman–Crippen MR) is 108 cm³/mol. The number of carbonyl (C=O) groups excluding carboxylic acids is 1. The Balaban J connectivity index is 1.45. The van der Waals surface area contributed by atoms with Crippen molar-refractivity contribution in [1.29, 1.82) is 0 Å². The van der Waals surface area contributed by atoms with Gasteiger partial charge in [0.2, 0.25) is 0 Å². The third-order valence-corrected chi connectivity index (χ3v) is 6.13. The van der Waals surface area contributed by atoms with Crippen molar-refractivity contribution in [2.45, 2.75) is 18.8 Å². The molecule has 2 aromatic rings. The van der Waals surface area contributed by atoms with Gasteiger partial charge in [-0.2, -0.15) is 0 Å². The van der Waals surface area contributed by atoms with Crippen LogP contribution >= 0.6 is 0 Å². The van der Waals surface area contributed by atoms with Crippen LogP contribution in [-0.2, 0) is 14.3 Å². The minimum Gasteiger partial charge on any atom is -0.481 e. The summed E-state index contributed by atoms with van der Waals surface area (Å²) in [6.45, 7) is 0.503. The monoisotopic (exact) mass is 409 g/mol. The Morgan fingerprint density at radius 2 is 1.30 bits per heavy atom. The van der Waals surface area contributed by atoms with E-state index in [1.165, 1.54) is 4.90 Å². The number of amides is 1. The quantitative estimate of drug-likeness (QED) is 0.802. The van der Waals surface area contributed by atoms with Crippen molar-refractivity contribution in [2.24, 2.45) is 11.8 Å². The summed E-state index contributed by atoms with van der Waals surface area (Å²) in [6.07, 6.45) is -0.348. The lowest BCUT2D eigenvalue weighted by Gasteiger charge is -2.22. The van der Waals surface area contributed by atoms with Crippen LogP contribution in [0.1, 0.15) is 29.9 Å². The van der Waals surface area contributed by atoms with Gasteiger partial charge in [-0.05, 0) is 35.1 Å². The molecule has 0 bridgehead atoms. The first kappa shape index (κ1) is 19.9. The van der Waals surface area contributed by atoms with E-state index in [1.807, 2.05) is 36.4 Å². The van der Waals surface area contributed by atoms with Crippen LogP contribution < -0.4 is 0 Å². The second-order valence-electron chi connectivity index (χ2n) is 7.76. The summed E-state index contributed by atoms with van der Waals surface area (Å²) in [5.74, 6) is -4.36. The number of aliphatic carboxylic acids is 2. The fraction of sp³-hybridized carbons (Fsp3) is 0.348. The average Bonchev–Trinajstić information content (AvgIpc) is 2.89. The minimum atomic E-state index is -1.14. The van der Waals surface area contributed by atoms with Crippen molar-refractivity contribution >= 4 is 18.0 Å². The lowest BCUT2D eigenvalue weighted by atomic mass is 9.88. The van der Waals surface area contributed by atoms with Gasteiger partial charge in [0.15, 0.2) is 0 Å². The smallest absolute Gasteiger partial charge is 0.409 e. The minimum absolute atomic E-state index is 0.0631. The summed E-state index contributed by atoms with van der Waals surface area (Å²) in [7, 11) is 0. The van der Waals surface area contributed by atoms with Crippen molar-refractivity contribution < 1.29 is 29.3 Å². The number of likely N-dealkylation sites (tertiary alicyclic amines) is 1. The molecule has 30 heavy (non-hydrogen) atoms. The van der Waals surface area contributed by atoms with E-state index in [2.05, 4.69) is 12.1 Å². The summed E-state index contributed by atoms with van der Waals surface area (Å²) in [5.41, 5.74) is 4.49. The van der Waals surface area contributed by atoms with Crippen LogP contribution in [0.25, 0.3) is 11.1 Å². The van der Waals surface area contributed by atoms with Gasteiger partial charge >= 0.3 is 18.0 Å². The van der Waals surface area contributed by atoms with Gasteiger partial charge in [0.1, 0.15) is 6.61 Å². The molecule has 1 heterocycles. The van der Waals surface area contributed by atoms with Gasteiger partial charge in [-0.3, -0.25) is 9.59 Å². The number of carboxylic acid groups (broad SMARTS) is 2. The van der Waals surface area contributed by atoms with Crippen molar-refractivity contribution in [2.75, 3.05) is 19.7 Å². The molecule has 0 saturated carbocycles. The molecular weight excluding hydrogens is 386 g/mol. The highest BCUT2D eigenvalue weighted by Crippen LogP contribution is 2.44. The highest BCUT2D eigenvalue weighted by Gasteiger charge is 2.38. The maximum absolute atomic E-state index is 12.7. The number of carbonyl (C=O) groups is 3. The fourth-order valence-corrected chi connectivity index (χ4v) is 4.56. The Hall–Kier alpha value is -3.35. The van der Waals surface area contributed by atoms with Crippen molar-refractivity contribution in [3.8, 4) is 11.1 Å². The van der Waals surface area contributed by atoms with Gasteiger partial charge in [-0.15, -0.1) is 0 Å². The molecule has 0 radical (unpaired) electrons. The SMILES string of the molecule is O=C(O)C1CCN(C(=O)OCC2c3ccccc3-c3ccccc32)CCC1C(=O)O. The zero-order valence-electron chi connectivity index (χ0n) is 16.4. The molecule has 7 heteroatoms. The molecule has 2 N–H and O–H groups in total. The molecule has 1 fully saturated rings. The van der Waals surface area contributed by atoms with Crippen LogP contribution in [0, 0.1) is 11.8 Å². The molecule has 2 aromatic carbocycles. The normalized spacial score (nSPS) is 20.7. The Bertz CT molecular complexity index is 918. The standard InChI is InChI=1S/C23H23NO6/c25-21(26)18-9-11-24(12-10-19(18)22(27)28)23(29)30-13-20-16-7-3-1-5-14(16)15-6-2-4-8-17(15)20/h1-8,18-20H,9-13H2,(H,25,26)(H,27,28). The lowest BCUT2D eigenvalue weighted by molar-refractivity contribution is -0.153. The summed E-state index contributed by atoms with van der Waals surface area (Å²) >= 11 is 0. The van der Waals surface area contributed by atoms with E-state index in [4.69, 9.17) is 4.74 Å². The van der Waals surface area contributed by atoms with Gasteiger partial charge in [0, 0.05) is 19.0 Å². The van der Waals surface area contributed by atoms with Crippen LogP contribution in [0.3, 0.4) is 0 Å². The van der Waals surface area contributed by atoms with Crippen LogP contribution in [-0.4, -0.2) is 52.8 Å². The molecule has 0 aromatic heterocycles. The number of ether oxygens (including phenoxy) is 1. The molecule has 1 aliphatic heterocycles. The molecule has 2 unspecified atom stereocenters. The van der Waals surface area contributed by atoms with E-state index < -0.39 is 29.9 Å². The second kappa shape index (κ2) is 8.18. The molecular formula is C23H23NO6. The van der Waals surface area contributed by atoms with Crippen molar-refractivity contribution in [1.82, 2.24) is 4.90 Å². The van der Waals surface area contributed by atoms with Crippen LogP contribution in [0.4, 0.5) is 4.79 Å². The van der Waals surface area contributed by atoms with E-state index in [-0.39, 0.29) is 38.5 Å². The zero-order valence-corrected chi connectivity index (χ0v) is 16.4. The number of fused-ring (bicyclic) bond motifs is 3. The van der Waals surface area contributed by atoms with Crippen molar-refractivity contribution in [3.63, 3.8) is 0 Å². The molecule has 1 saturated heterocycles. The van der Waals surface area contributed by atoms with Crippen LogP contribution in [0.15, 0.2) is 48.5 Å². The van der Waals surface area contributed by atoms with E-state index in [9.17, 15) is 24.6 Å². The first-order valence-corrected chi connectivity index (χ1v) is 10.0.